The normalized spacial score (nSPS) is 32.1. The summed E-state index contributed by atoms with van der Waals surface area (Å²) in [5.74, 6) is 0.758. The van der Waals surface area contributed by atoms with Crippen LogP contribution in [0.1, 0.15) is 26.7 Å². The number of amides is 1. The van der Waals surface area contributed by atoms with E-state index in [9.17, 15) is 4.79 Å². The number of nitrogens with zero attached hydrogens (tertiary/aromatic N) is 1. The first-order valence-electron chi connectivity index (χ1n) is 6.27. The third-order valence-corrected chi connectivity index (χ3v) is 3.62. The highest BCUT2D eigenvalue weighted by Gasteiger charge is 2.28. The predicted molar refractivity (Wildman–Crippen MR) is 62.2 cm³/mol. The van der Waals surface area contributed by atoms with Crippen LogP contribution >= 0.6 is 0 Å². The molecular weight excluding hydrogens is 204 g/mol. The van der Waals surface area contributed by atoms with Crippen molar-refractivity contribution in [2.24, 2.45) is 5.92 Å². The molecule has 2 atom stereocenters. The monoisotopic (exact) mass is 226 g/mol. The minimum atomic E-state index is 0.0199. The summed E-state index contributed by atoms with van der Waals surface area (Å²) in [6, 6.07) is 0.650. The lowest BCUT2D eigenvalue weighted by atomic mass is 10.00. The van der Waals surface area contributed by atoms with Crippen LogP contribution in [0, 0.1) is 5.92 Å². The van der Waals surface area contributed by atoms with Crippen LogP contribution in [-0.4, -0.2) is 49.2 Å². The van der Waals surface area contributed by atoms with E-state index in [1.807, 2.05) is 0 Å². The smallest absolute Gasteiger partial charge is 0.246 e. The van der Waals surface area contributed by atoms with Crippen LogP contribution in [0.25, 0.3) is 0 Å². The highest BCUT2D eigenvalue weighted by Crippen LogP contribution is 2.23. The average molecular weight is 226 g/mol. The van der Waals surface area contributed by atoms with Gasteiger partial charge in [-0.05, 0) is 39.2 Å². The SMILES string of the molecule is CC(C)N1CCC(CC2CNC(=O)CO2)C1. The number of hydrogen-bond acceptors (Lipinski definition) is 3. The van der Waals surface area contributed by atoms with Crippen LogP contribution in [0.15, 0.2) is 0 Å². The van der Waals surface area contributed by atoms with Gasteiger partial charge in [0, 0.05) is 19.1 Å². The van der Waals surface area contributed by atoms with Crippen LogP contribution in [0.3, 0.4) is 0 Å². The van der Waals surface area contributed by atoms with Crippen LogP contribution in [0.5, 0.6) is 0 Å². The number of ether oxygens (including phenoxy) is 1. The summed E-state index contributed by atoms with van der Waals surface area (Å²) in [6.07, 6.45) is 2.59. The molecule has 2 unspecified atom stereocenters. The molecule has 0 saturated carbocycles. The standard InChI is InChI=1S/C12H22N2O2/c1-9(2)14-4-3-10(7-14)5-11-6-13-12(15)8-16-11/h9-11H,3-8H2,1-2H3,(H,13,15). The highest BCUT2D eigenvalue weighted by atomic mass is 16.5. The van der Waals surface area contributed by atoms with Crippen molar-refractivity contribution in [3.63, 3.8) is 0 Å². The van der Waals surface area contributed by atoms with Crippen molar-refractivity contribution in [2.45, 2.75) is 38.8 Å². The van der Waals surface area contributed by atoms with E-state index in [1.165, 1.54) is 19.5 Å². The lowest BCUT2D eigenvalue weighted by Crippen LogP contribution is -2.43. The van der Waals surface area contributed by atoms with Crippen molar-refractivity contribution in [3.8, 4) is 0 Å². The van der Waals surface area contributed by atoms with Gasteiger partial charge in [-0.15, -0.1) is 0 Å². The minimum absolute atomic E-state index is 0.0199. The van der Waals surface area contributed by atoms with Gasteiger partial charge in [-0.25, -0.2) is 0 Å². The topological polar surface area (TPSA) is 41.6 Å². The summed E-state index contributed by atoms with van der Waals surface area (Å²) in [5, 5.41) is 2.86. The molecule has 0 aromatic rings. The van der Waals surface area contributed by atoms with Gasteiger partial charge in [-0.3, -0.25) is 4.79 Å². The van der Waals surface area contributed by atoms with Gasteiger partial charge in [-0.1, -0.05) is 0 Å². The quantitative estimate of drug-likeness (QED) is 0.767. The van der Waals surface area contributed by atoms with Crippen LogP contribution < -0.4 is 5.32 Å². The summed E-state index contributed by atoms with van der Waals surface area (Å²) in [4.78, 5) is 13.5. The Morgan fingerprint density at radius 2 is 2.38 bits per heavy atom. The zero-order chi connectivity index (χ0) is 11.5. The molecule has 0 aliphatic carbocycles. The number of carbonyl (C=O) groups is 1. The zero-order valence-electron chi connectivity index (χ0n) is 10.2. The Labute approximate surface area is 97.3 Å². The molecule has 16 heavy (non-hydrogen) atoms. The molecule has 2 aliphatic rings. The van der Waals surface area contributed by atoms with Crippen molar-refractivity contribution in [3.05, 3.63) is 0 Å². The number of rotatable bonds is 3. The summed E-state index contributed by atoms with van der Waals surface area (Å²) in [5.41, 5.74) is 0. The summed E-state index contributed by atoms with van der Waals surface area (Å²) in [7, 11) is 0. The Hall–Kier alpha value is -0.610. The molecule has 2 rings (SSSR count). The highest BCUT2D eigenvalue weighted by molar-refractivity contribution is 5.77. The maximum Gasteiger partial charge on any atom is 0.246 e. The number of hydrogen-bond donors (Lipinski definition) is 1. The molecule has 0 radical (unpaired) electrons. The van der Waals surface area contributed by atoms with Crippen LogP contribution in [0.2, 0.25) is 0 Å². The van der Waals surface area contributed by atoms with E-state index < -0.39 is 0 Å². The van der Waals surface area contributed by atoms with Crippen LogP contribution in [-0.2, 0) is 9.53 Å². The predicted octanol–water partition coefficient (Wildman–Crippen LogP) is 0.622. The van der Waals surface area contributed by atoms with E-state index in [0.717, 1.165) is 12.3 Å². The molecule has 4 heteroatoms. The van der Waals surface area contributed by atoms with Gasteiger partial charge in [-0.2, -0.15) is 0 Å². The number of morpholine rings is 1. The van der Waals surface area contributed by atoms with E-state index in [2.05, 4.69) is 24.1 Å². The molecule has 2 saturated heterocycles. The van der Waals surface area contributed by atoms with Gasteiger partial charge in [0.1, 0.15) is 6.61 Å². The second-order valence-electron chi connectivity index (χ2n) is 5.22. The summed E-state index contributed by atoms with van der Waals surface area (Å²) >= 11 is 0. The van der Waals surface area contributed by atoms with Crippen molar-refractivity contribution in [1.82, 2.24) is 10.2 Å². The average Bonchev–Trinajstić information content (AvgIpc) is 2.70. The second kappa shape index (κ2) is 5.15. The molecular formula is C12H22N2O2. The molecule has 0 aromatic heterocycles. The Bertz CT molecular complexity index is 245. The van der Waals surface area contributed by atoms with E-state index in [4.69, 9.17) is 4.74 Å². The van der Waals surface area contributed by atoms with Crippen LogP contribution in [0.4, 0.5) is 0 Å². The lowest BCUT2D eigenvalue weighted by Gasteiger charge is -2.26. The van der Waals surface area contributed by atoms with Crippen molar-refractivity contribution in [1.29, 1.82) is 0 Å². The molecule has 4 nitrogen and oxygen atoms in total. The second-order valence-corrected chi connectivity index (χ2v) is 5.22. The molecule has 92 valence electrons. The van der Waals surface area contributed by atoms with Gasteiger partial charge in [0.25, 0.3) is 0 Å². The molecule has 2 aliphatic heterocycles. The van der Waals surface area contributed by atoms with Gasteiger partial charge >= 0.3 is 0 Å². The van der Waals surface area contributed by atoms with Gasteiger partial charge in [0.05, 0.1) is 6.10 Å². The first kappa shape index (κ1) is 11.9. The third-order valence-electron chi connectivity index (χ3n) is 3.62. The lowest BCUT2D eigenvalue weighted by molar-refractivity contribution is -0.133. The molecule has 2 heterocycles. The molecule has 2 fully saturated rings. The summed E-state index contributed by atoms with van der Waals surface area (Å²) in [6.45, 7) is 7.83. The number of carbonyl (C=O) groups excluding carboxylic acids is 1. The van der Waals surface area contributed by atoms with E-state index in [1.54, 1.807) is 0 Å². The maximum absolute atomic E-state index is 10.9. The third kappa shape index (κ3) is 2.95. The molecule has 0 spiro atoms. The van der Waals surface area contributed by atoms with E-state index >= 15 is 0 Å². The van der Waals surface area contributed by atoms with Gasteiger partial charge < -0.3 is 15.0 Å². The fourth-order valence-corrected chi connectivity index (χ4v) is 2.58. The summed E-state index contributed by atoms with van der Waals surface area (Å²) < 4.78 is 5.52. The Morgan fingerprint density at radius 3 is 2.94 bits per heavy atom. The van der Waals surface area contributed by atoms with E-state index in [-0.39, 0.29) is 18.6 Å². The fourth-order valence-electron chi connectivity index (χ4n) is 2.58. The van der Waals surface area contributed by atoms with Gasteiger partial charge in [0.15, 0.2) is 0 Å². The van der Waals surface area contributed by atoms with Crippen molar-refractivity contribution in [2.75, 3.05) is 26.2 Å². The molecule has 1 N–H and O–H groups in total. The first-order valence-corrected chi connectivity index (χ1v) is 6.27. The van der Waals surface area contributed by atoms with E-state index in [0.29, 0.717) is 12.6 Å². The largest absolute Gasteiger partial charge is 0.367 e. The Balaban J connectivity index is 1.72. The van der Waals surface area contributed by atoms with Crippen molar-refractivity contribution < 1.29 is 9.53 Å². The number of likely N-dealkylation sites (tertiary alicyclic amines) is 1. The minimum Gasteiger partial charge on any atom is -0.367 e. The van der Waals surface area contributed by atoms with Crippen molar-refractivity contribution >= 4 is 5.91 Å². The first-order chi connectivity index (χ1) is 7.65. The fraction of sp³-hybridized carbons (Fsp3) is 0.917. The maximum atomic E-state index is 10.9. The Kier molecular flexibility index (Phi) is 3.82. The zero-order valence-corrected chi connectivity index (χ0v) is 10.2. The number of nitrogens with one attached hydrogen (secondary N) is 1. The Morgan fingerprint density at radius 1 is 1.56 bits per heavy atom. The molecule has 1 amide bonds. The molecule has 0 bridgehead atoms. The molecule has 0 aromatic carbocycles. The van der Waals surface area contributed by atoms with Gasteiger partial charge in [0.2, 0.25) is 5.91 Å².